The second-order valence-corrected chi connectivity index (χ2v) is 7.15. The van der Waals surface area contributed by atoms with Crippen LogP contribution in [0.1, 0.15) is 41.9 Å². The van der Waals surface area contributed by atoms with E-state index >= 15 is 0 Å². The number of hydrogen-bond acceptors (Lipinski definition) is 5. The van der Waals surface area contributed by atoms with Gasteiger partial charge in [-0.05, 0) is 32.2 Å². The number of carbonyl (C=O) groups excluding carboxylic acids is 1. The van der Waals surface area contributed by atoms with Crippen molar-refractivity contribution in [3.8, 4) is 0 Å². The third-order valence-electron chi connectivity index (χ3n) is 4.46. The molecule has 6 nitrogen and oxygen atoms in total. The molecule has 0 saturated heterocycles. The number of amides is 1. The topological polar surface area (TPSA) is 71.8 Å². The number of fused-ring (bicyclic) bond motifs is 1. The van der Waals surface area contributed by atoms with Gasteiger partial charge in [-0.25, -0.2) is 4.98 Å². The van der Waals surface area contributed by atoms with Gasteiger partial charge < -0.3 is 10.6 Å². The number of carbonyl (C=O) groups is 1. The zero-order chi connectivity index (χ0) is 16.4. The molecule has 2 unspecified atom stereocenters. The molecule has 0 aliphatic heterocycles. The zero-order valence-corrected chi connectivity index (χ0v) is 15.8. The minimum absolute atomic E-state index is 0. The average Bonchev–Trinajstić information content (AvgIpc) is 3.13. The Labute approximate surface area is 152 Å². The highest BCUT2D eigenvalue weighted by atomic mass is 35.5. The van der Waals surface area contributed by atoms with Gasteiger partial charge in [0, 0.05) is 23.7 Å². The van der Waals surface area contributed by atoms with E-state index < -0.39 is 6.04 Å². The number of likely N-dealkylation sites (N-methyl/N-ethyl adjacent to an activating group) is 1. The maximum Gasteiger partial charge on any atom is 0.247 e. The van der Waals surface area contributed by atoms with Crippen molar-refractivity contribution in [3.63, 3.8) is 0 Å². The van der Waals surface area contributed by atoms with Gasteiger partial charge in [-0.3, -0.25) is 9.48 Å². The lowest BCUT2D eigenvalue weighted by Gasteiger charge is -2.18. The fourth-order valence-corrected chi connectivity index (χ4v) is 4.19. The van der Waals surface area contributed by atoms with Gasteiger partial charge in [0.2, 0.25) is 5.91 Å². The zero-order valence-electron chi connectivity index (χ0n) is 14.2. The summed E-state index contributed by atoms with van der Waals surface area (Å²) in [4.78, 5) is 18.5. The molecule has 0 saturated carbocycles. The lowest BCUT2D eigenvalue weighted by atomic mass is 9.89. The first-order valence-electron chi connectivity index (χ1n) is 8.06. The van der Waals surface area contributed by atoms with Crippen LogP contribution in [-0.4, -0.2) is 27.7 Å². The van der Waals surface area contributed by atoms with E-state index in [9.17, 15) is 4.79 Å². The van der Waals surface area contributed by atoms with E-state index in [4.69, 9.17) is 0 Å². The summed E-state index contributed by atoms with van der Waals surface area (Å²) in [7, 11) is 3.61. The van der Waals surface area contributed by atoms with E-state index in [2.05, 4.69) is 27.6 Å². The number of thiazole rings is 1. The van der Waals surface area contributed by atoms with Crippen LogP contribution in [0.4, 0.5) is 5.13 Å². The maximum absolute atomic E-state index is 12.5. The summed E-state index contributed by atoms with van der Waals surface area (Å²) in [5.41, 5.74) is 2.01. The summed E-state index contributed by atoms with van der Waals surface area (Å²) >= 11 is 1.62. The Morgan fingerprint density at radius 3 is 2.96 bits per heavy atom. The number of nitrogens with zero attached hydrogens (tertiary/aromatic N) is 3. The summed E-state index contributed by atoms with van der Waals surface area (Å²) < 4.78 is 1.69. The summed E-state index contributed by atoms with van der Waals surface area (Å²) in [6.45, 7) is 2.24. The molecule has 8 heteroatoms. The third kappa shape index (κ3) is 3.96. The molecule has 0 fully saturated rings. The van der Waals surface area contributed by atoms with Crippen LogP contribution >= 0.6 is 23.7 Å². The Kier molecular flexibility index (Phi) is 6.37. The molecular formula is C16H24ClN5OS. The third-order valence-corrected chi connectivity index (χ3v) is 5.49. The van der Waals surface area contributed by atoms with E-state index in [1.807, 2.05) is 13.2 Å². The molecule has 3 rings (SSSR count). The van der Waals surface area contributed by atoms with Crippen LogP contribution in [0.2, 0.25) is 0 Å². The smallest absolute Gasteiger partial charge is 0.247 e. The van der Waals surface area contributed by atoms with E-state index in [-0.39, 0.29) is 18.3 Å². The Hall–Kier alpha value is -1.44. The fraction of sp³-hybridized carbons (Fsp3) is 0.562. The van der Waals surface area contributed by atoms with Crippen LogP contribution in [0.3, 0.4) is 0 Å². The molecule has 1 amide bonds. The molecule has 0 bridgehead atoms. The molecular weight excluding hydrogens is 346 g/mol. The number of anilines is 1. The van der Waals surface area contributed by atoms with Gasteiger partial charge in [0.25, 0.3) is 0 Å². The Morgan fingerprint density at radius 1 is 1.54 bits per heavy atom. The first kappa shape index (κ1) is 18.9. The summed E-state index contributed by atoms with van der Waals surface area (Å²) in [5, 5.41) is 10.8. The van der Waals surface area contributed by atoms with Crippen molar-refractivity contribution >= 4 is 34.8 Å². The molecule has 2 aromatic rings. The molecule has 2 atom stereocenters. The molecule has 0 aromatic carbocycles. The van der Waals surface area contributed by atoms with Gasteiger partial charge in [-0.15, -0.1) is 23.7 Å². The molecule has 2 aromatic heterocycles. The summed E-state index contributed by atoms with van der Waals surface area (Å²) in [6, 6.07) is -0.423. The van der Waals surface area contributed by atoms with Gasteiger partial charge in [0.1, 0.15) is 6.04 Å². The summed E-state index contributed by atoms with van der Waals surface area (Å²) in [6.07, 6.45) is 8.09. The molecule has 2 heterocycles. The SMILES string of the molecule is CCC1CCc2nc(NC(=O)C(NC)c3cnn(C)c3)sc2C1.Cl. The van der Waals surface area contributed by atoms with Crippen LogP contribution < -0.4 is 10.6 Å². The fourth-order valence-electron chi connectivity index (χ4n) is 3.06. The Balaban J connectivity index is 0.00000208. The normalized spacial score (nSPS) is 17.7. The van der Waals surface area contributed by atoms with Crippen molar-refractivity contribution in [3.05, 3.63) is 28.5 Å². The molecule has 2 N–H and O–H groups in total. The summed E-state index contributed by atoms with van der Waals surface area (Å²) in [5.74, 6) is 0.658. The highest BCUT2D eigenvalue weighted by Gasteiger charge is 2.24. The van der Waals surface area contributed by atoms with Crippen molar-refractivity contribution in [2.24, 2.45) is 13.0 Å². The molecule has 0 radical (unpaired) electrons. The predicted octanol–water partition coefficient (Wildman–Crippen LogP) is 2.71. The Morgan fingerprint density at radius 2 is 2.33 bits per heavy atom. The molecule has 24 heavy (non-hydrogen) atoms. The number of aromatic nitrogens is 3. The van der Waals surface area contributed by atoms with Crippen LogP contribution in [0.15, 0.2) is 12.4 Å². The van der Waals surface area contributed by atoms with Crippen molar-refractivity contribution in [1.29, 1.82) is 0 Å². The highest BCUT2D eigenvalue weighted by Crippen LogP contribution is 2.33. The standard InChI is InChI=1S/C16H23N5OS.ClH/c1-4-10-5-6-12-13(7-10)23-16(19-12)20-15(22)14(17-2)11-8-18-21(3)9-11;/h8-10,14,17H,4-7H2,1-3H3,(H,19,20,22);1H. The quantitative estimate of drug-likeness (QED) is 0.850. The minimum atomic E-state index is -0.423. The predicted molar refractivity (Wildman–Crippen MR) is 98.8 cm³/mol. The van der Waals surface area contributed by atoms with Crippen molar-refractivity contribution in [1.82, 2.24) is 20.1 Å². The first-order valence-corrected chi connectivity index (χ1v) is 8.87. The molecule has 1 aliphatic carbocycles. The van der Waals surface area contributed by atoms with Crippen molar-refractivity contribution in [2.45, 2.75) is 38.6 Å². The number of rotatable bonds is 5. The van der Waals surface area contributed by atoms with E-state index in [1.165, 1.54) is 17.7 Å². The second-order valence-electron chi connectivity index (χ2n) is 6.06. The van der Waals surface area contributed by atoms with Crippen LogP contribution in [0.5, 0.6) is 0 Å². The molecule has 132 valence electrons. The molecule has 1 aliphatic rings. The van der Waals surface area contributed by atoms with Gasteiger partial charge >= 0.3 is 0 Å². The second kappa shape index (κ2) is 8.09. The largest absolute Gasteiger partial charge is 0.305 e. The van der Waals surface area contributed by atoms with Crippen LogP contribution in [-0.2, 0) is 24.7 Å². The highest BCUT2D eigenvalue weighted by molar-refractivity contribution is 7.15. The molecule has 0 spiro atoms. The lowest BCUT2D eigenvalue weighted by Crippen LogP contribution is -2.30. The van der Waals surface area contributed by atoms with Crippen molar-refractivity contribution in [2.75, 3.05) is 12.4 Å². The monoisotopic (exact) mass is 369 g/mol. The number of halogens is 1. The van der Waals surface area contributed by atoms with Gasteiger partial charge in [-0.2, -0.15) is 5.10 Å². The van der Waals surface area contributed by atoms with Crippen LogP contribution in [0.25, 0.3) is 0 Å². The van der Waals surface area contributed by atoms with Gasteiger partial charge in [-0.1, -0.05) is 13.3 Å². The number of aryl methyl sites for hydroxylation is 2. The number of nitrogens with one attached hydrogen (secondary N) is 2. The average molecular weight is 370 g/mol. The van der Waals surface area contributed by atoms with Gasteiger partial charge in [0.05, 0.1) is 11.9 Å². The van der Waals surface area contributed by atoms with E-state index in [1.54, 1.807) is 29.3 Å². The van der Waals surface area contributed by atoms with Crippen LogP contribution in [0, 0.1) is 5.92 Å². The Bertz CT molecular complexity index is 698. The first-order chi connectivity index (χ1) is 11.1. The maximum atomic E-state index is 12.5. The van der Waals surface area contributed by atoms with Crippen molar-refractivity contribution < 1.29 is 4.79 Å². The van der Waals surface area contributed by atoms with E-state index in [0.29, 0.717) is 5.13 Å². The van der Waals surface area contributed by atoms with E-state index in [0.717, 1.165) is 30.0 Å². The lowest BCUT2D eigenvalue weighted by molar-refractivity contribution is -0.118. The number of hydrogen-bond donors (Lipinski definition) is 2. The van der Waals surface area contributed by atoms with Gasteiger partial charge in [0.15, 0.2) is 5.13 Å². The minimum Gasteiger partial charge on any atom is -0.305 e.